The minimum absolute atomic E-state index is 0.00260. The minimum atomic E-state index is -0.271. The summed E-state index contributed by atoms with van der Waals surface area (Å²) in [4.78, 5) is 8.02. The number of pyridine rings is 2. The Labute approximate surface area is 241 Å². The van der Waals surface area contributed by atoms with E-state index in [0.717, 1.165) is 44.8 Å². The number of hydrogen-bond acceptors (Lipinski definition) is 6. The van der Waals surface area contributed by atoms with E-state index in [9.17, 15) is 13.9 Å². The first-order valence-electron chi connectivity index (χ1n) is 13.2. The molecule has 0 atom stereocenters. The Bertz CT molecular complexity index is 1660. The second-order valence-corrected chi connectivity index (χ2v) is 9.22. The van der Waals surface area contributed by atoms with Crippen molar-refractivity contribution in [1.82, 2.24) is 29.5 Å². The Hall–Kier alpha value is -5.06. The molecular formula is C32H28F2N6O2. The van der Waals surface area contributed by atoms with Crippen LogP contribution in [0, 0.1) is 11.6 Å². The molecule has 0 bridgehead atoms. The molecule has 0 aliphatic heterocycles. The van der Waals surface area contributed by atoms with E-state index < -0.39 is 0 Å². The predicted octanol–water partition coefficient (Wildman–Crippen LogP) is 5.49. The van der Waals surface area contributed by atoms with E-state index in [0.29, 0.717) is 13.1 Å². The monoisotopic (exact) mass is 566 g/mol. The highest BCUT2D eigenvalue weighted by Crippen LogP contribution is 2.32. The van der Waals surface area contributed by atoms with Crippen molar-refractivity contribution in [2.24, 2.45) is 0 Å². The molecule has 2 N–H and O–H groups in total. The fraction of sp³-hybridized carbons (Fsp3) is 0.125. The standard InChI is InChI=1S/2C16H14FN3O/c17-14-3-1-12(2-4-14)15-11-20(9-10-21)19-16(15)13-5-7-18-8-6-13;17-14-3-1-12(2-4-14)15-11-19-20(9-10-21)16(15)13-5-7-18-8-6-13/h2*1-8,11,21H,9-10H2. The van der Waals surface area contributed by atoms with Crippen molar-refractivity contribution in [3.63, 3.8) is 0 Å². The van der Waals surface area contributed by atoms with Crippen LogP contribution >= 0.6 is 0 Å². The Kier molecular flexibility index (Phi) is 9.17. The number of hydrogen-bond donors (Lipinski definition) is 2. The van der Waals surface area contributed by atoms with E-state index in [4.69, 9.17) is 5.11 Å². The summed E-state index contributed by atoms with van der Waals surface area (Å²) in [6.45, 7) is 0.834. The zero-order chi connectivity index (χ0) is 29.3. The Morgan fingerprint density at radius 3 is 1.67 bits per heavy atom. The van der Waals surface area contributed by atoms with Gasteiger partial charge in [0.15, 0.2) is 0 Å². The van der Waals surface area contributed by atoms with Crippen LogP contribution in [0.4, 0.5) is 8.78 Å². The maximum absolute atomic E-state index is 13.1. The molecule has 2 aromatic carbocycles. The van der Waals surface area contributed by atoms with Gasteiger partial charge in [0.05, 0.1) is 38.2 Å². The first-order chi connectivity index (χ1) is 20.6. The summed E-state index contributed by atoms with van der Waals surface area (Å²) < 4.78 is 29.6. The molecule has 4 heterocycles. The Morgan fingerprint density at radius 2 is 1.12 bits per heavy atom. The molecule has 42 heavy (non-hydrogen) atoms. The van der Waals surface area contributed by atoms with Crippen LogP contribution < -0.4 is 0 Å². The lowest BCUT2D eigenvalue weighted by Crippen LogP contribution is -2.05. The first-order valence-corrected chi connectivity index (χ1v) is 13.2. The third kappa shape index (κ3) is 6.63. The van der Waals surface area contributed by atoms with E-state index in [-0.39, 0.29) is 24.8 Å². The molecule has 0 radical (unpaired) electrons. The van der Waals surface area contributed by atoms with Gasteiger partial charge in [-0.05, 0) is 59.7 Å². The van der Waals surface area contributed by atoms with Gasteiger partial charge in [-0.3, -0.25) is 19.3 Å². The fourth-order valence-electron chi connectivity index (χ4n) is 4.51. The summed E-state index contributed by atoms with van der Waals surface area (Å²) in [7, 11) is 0. The lowest BCUT2D eigenvalue weighted by atomic mass is 10.0. The van der Waals surface area contributed by atoms with Crippen molar-refractivity contribution in [2.45, 2.75) is 13.1 Å². The second-order valence-electron chi connectivity index (χ2n) is 9.22. The topological polar surface area (TPSA) is 102 Å². The van der Waals surface area contributed by atoms with E-state index in [1.165, 1.54) is 24.3 Å². The van der Waals surface area contributed by atoms with Gasteiger partial charge < -0.3 is 10.2 Å². The third-order valence-corrected chi connectivity index (χ3v) is 6.46. The number of halogens is 2. The molecule has 6 rings (SSSR count). The van der Waals surface area contributed by atoms with Crippen LogP contribution in [0.1, 0.15) is 0 Å². The molecule has 0 fully saturated rings. The normalized spacial score (nSPS) is 10.8. The number of aliphatic hydroxyl groups excluding tert-OH is 2. The van der Waals surface area contributed by atoms with E-state index >= 15 is 0 Å². The van der Waals surface area contributed by atoms with Crippen LogP contribution in [0.2, 0.25) is 0 Å². The first kappa shape index (κ1) is 28.5. The smallest absolute Gasteiger partial charge is 0.123 e. The van der Waals surface area contributed by atoms with Gasteiger partial charge in [0.2, 0.25) is 0 Å². The molecule has 212 valence electrons. The maximum Gasteiger partial charge on any atom is 0.123 e. The number of rotatable bonds is 8. The number of aliphatic hydroxyl groups is 2. The van der Waals surface area contributed by atoms with Crippen molar-refractivity contribution in [3.05, 3.63) is 122 Å². The minimum Gasteiger partial charge on any atom is -0.394 e. The van der Waals surface area contributed by atoms with Crippen LogP contribution in [0.25, 0.3) is 44.8 Å². The van der Waals surface area contributed by atoms with Crippen molar-refractivity contribution < 1.29 is 19.0 Å². The summed E-state index contributed by atoms with van der Waals surface area (Å²) in [5, 5.41) is 27.1. The van der Waals surface area contributed by atoms with Gasteiger partial charge in [-0.15, -0.1) is 0 Å². The lowest BCUT2D eigenvalue weighted by Gasteiger charge is -2.09. The molecule has 0 spiro atoms. The molecule has 0 aliphatic rings. The Morgan fingerprint density at radius 1 is 0.595 bits per heavy atom. The van der Waals surface area contributed by atoms with Gasteiger partial charge in [0.25, 0.3) is 0 Å². The van der Waals surface area contributed by atoms with Crippen LogP contribution in [-0.4, -0.2) is 53.0 Å². The predicted molar refractivity (Wildman–Crippen MR) is 156 cm³/mol. The van der Waals surface area contributed by atoms with Crippen LogP contribution in [0.3, 0.4) is 0 Å². The van der Waals surface area contributed by atoms with Gasteiger partial charge in [-0.25, -0.2) is 8.78 Å². The van der Waals surface area contributed by atoms with Crippen LogP contribution in [0.5, 0.6) is 0 Å². The second kappa shape index (κ2) is 13.5. The highest BCUT2D eigenvalue weighted by molar-refractivity contribution is 5.81. The van der Waals surface area contributed by atoms with E-state index in [2.05, 4.69) is 20.2 Å². The summed E-state index contributed by atoms with van der Waals surface area (Å²) in [6.07, 6.45) is 10.4. The van der Waals surface area contributed by atoms with Gasteiger partial charge in [0, 0.05) is 53.2 Å². The highest BCUT2D eigenvalue weighted by Gasteiger charge is 2.15. The molecule has 0 aliphatic carbocycles. The molecule has 6 aromatic rings. The molecular weight excluding hydrogens is 538 g/mol. The van der Waals surface area contributed by atoms with Crippen molar-refractivity contribution >= 4 is 0 Å². The molecule has 10 heteroatoms. The number of benzene rings is 2. The van der Waals surface area contributed by atoms with Gasteiger partial charge in [-0.1, -0.05) is 24.3 Å². The van der Waals surface area contributed by atoms with E-state index in [1.807, 2.05) is 30.5 Å². The number of nitrogens with zero attached hydrogens (tertiary/aromatic N) is 6. The van der Waals surface area contributed by atoms with Gasteiger partial charge >= 0.3 is 0 Å². The van der Waals surface area contributed by atoms with Crippen LogP contribution in [0.15, 0.2) is 110 Å². The van der Waals surface area contributed by atoms with Crippen LogP contribution in [-0.2, 0) is 13.1 Å². The summed E-state index contributed by atoms with van der Waals surface area (Å²) >= 11 is 0. The maximum atomic E-state index is 13.1. The molecule has 0 saturated heterocycles. The van der Waals surface area contributed by atoms with Crippen molar-refractivity contribution in [1.29, 1.82) is 0 Å². The van der Waals surface area contributed by atoms with E-state index in [1.54, 1.807) is 64.6 Å². The molecule has 0 unspecified atom stereocenters. The molecule has 4 aromatic heterocycles. The summed E-state index contributed by atoms with van der Waals surface area (Å²) in [5.41, 5.74) is 7.12. The molecule has 0 amide bonds. The quantitative estimate of drug-likeness (QED) is 0.253. The SMILES string of the molecule is OCCn1cc(-c2ccc(F)cc2)c(-c2ccncc2)n1.OCCn1ncc(-c2ccc(F)cc2)c1-c1ccncc1. The summed E-state index contributed by atoms with van der Waals surface area (Å²) in [6, 6.07) is 20.1. The molecule has 0 saturated carbocycles. The molecule has 8 nitrogen and oxygen atoms in total. The van der Waals surface area contributed by atoms with Crippen molar-refractivity contribution in [3.8, 4) is 44.8 Å². The average molecular weight is 567 g/mol. The Balaban J connectivity index is 0.000000168. The van der Waals surface area contributed by atoms with Gasteiger partial charge in [-0.2, -0.15) is 10.2 Å². The lowest BCUT2D eigenvalue weighted by molar-refractivity contribution is 0.269. The van der Waals surface area contributed by atoms with Gasteiger partial charge in [0.1, 0.15) is 17.3 Å². The number of aromatic nitrogens is 6. The largest absolute Gasteiger partial charge is 0.394 e. The fourth-order valence-corrected chi connectivity index (χ4v) is 4.51. The summed E-state index contributed by atoms with van der Waals surface area (Å²) in [5.74, 6) is -0.543. The highest BCUT2D eigenvalue weighted by atomic mass is 19.1. The van der Waals surface area contributed by atoms with Crippen molar-refractivity contribution in [2.75, 3.05) is 13.2 Å². The zero-order valence-electron chi connectivity index (χ0n) is 22.6. The average Bonchev–Trinajstić information content (AvgIpc) is 3.64. The zero-order valence-corrected chi connectivity index (χ0v) is 22.6. The third-order valence-electron chi connectivity index (χ3n) is 6.46.